The van der Waals surface area contributed by atoms with Crippen molar-refractivity contribution in [1.82, 2.24) is 15.3 Å². The third-order valence-corrected chi connectivity index (χ3v) is 3.89. The fourth-order valence-electron chi connectivity index (χ4n) is 2.71. The van der Waals surface area contributed by atoms with Crippen LogP contribution in [0.3, 0.4) is 0 Å². The molecule has 1 aromatic rings. The van der Waals surface area contributed by atoms with E-state index in [1.807, 2.05) is 20.8 Å². The summed E-state index contributed by atoms with van der Waals surface area (Å²) in [5, 5.41) is 6.22. The molecule has 2 N–H and O–H groups in total. The monoisotopic (exact) mass is 291 g/mol. The number of piperazine rings is 1. The minimum Gasteiger partial charge on any atom is -0.370 e. The van der Waals surface area contributed by atoms with Crippen molar-refractivity contribution in [3.8, 4) is 0 Å². The number of anilines is 2. The molecule has 6 nitrogen and oxygen atoms in total. The van der Waals surface area contributed by atoms with Gasteiger partial charge < -0.3 is 15.5 Å². The average molecular weight is 291 g/mol. The summed E-state index contributed by atoms with van der Waals surface area (Å²) in [7, 11) is 0. The highest BCUT2D eigenvalue weighted by Crippen LogP contribution is 2.34. The largest absolute Gasteiger partial charge is 0.370 e. The van der Waals surface area contributed by atoms with Crippen LogP contribution in [-0.2, 0) is 4.79 Å². The second-order valence-electron chi connectivity index (χ2n) is 6.11. The highest BCUT2D eigenvalue weighted by molar-refractivity contribution is 5.90. The molecule has 0 atom stereocenters. The molecule has 116 valence electrons. The maximum atomic E-state index is 12.2. The van der Waals surface area contributed by atoms with E-state index in [1.165, 1.54) is 0 Å². The summed E-state index contributed by atoms with van der Waals surface area (Å²) in [5.74, 6) is 2.03. The van der Waals surface area contributed by atoms with Gasteiger partial charge in [0, 0.05) is 25.2 Å². The number of carbonyl (C=O) groups is 1. The number of hydrogen-bond donors (Lipinski definition) is 2. The van der Waals surface area contributed by atoms with Crippen molar-refractivity contribution < 1.29 is 4.79 Å². The minimum absolute atomic E-state index is 0.0343. The van der Waals surface area contributed by atoms with Gasteiger partial charge in [-0.3, -0.25) is 4.79 Å². The highest BCUT2D eigenvalue weighted by atomic mass is 16.2. The van der Waals surface area contributed by atoms with Crippen molar-refractivity contribution in [2.45, 2.75) is 46.1 Å². The van der Waals surface area contributed by atoms with Gasteiger partial charge in [0.05, 0.1) is 0 Å². The Labute approximate surface area is 126 Å². The Morgan fingerprint density at radius 1 is 1.43 bits per heavy atom. The summed E-state index contributed by atoms with van der Waals surface area (Å²) >= 11 is 0. The zero-order chi connectivity index (χ0) is 15.6. The summed E-state index contributed by atoms with van der Waals surface area (Å²) in [6.45, 7) is 12.4. The van der Waals surface area contributed by atoms with Gasteiger partial charge in [-0.25, -0.2) is 9.97 Å². The van der Waals surface area contributed by atoms with Crippen LogP contribution in [0.5, 0.6) is 0 Å². The predicted octanol–water partition coefficient (Wildman–Crippen LogP) is 1.75. The minimum atomic E-state index is -0.611. The number of hydrogen-bond acceptors (Lipinski definition) is 5. The topological polar surface area (TPSA) is 70.2 Å². The number of nitrogens with zero attached hydrogens (tertiary/aromatic N) is 3. The Bertz CT molecular complexity index is 527. The first-order chi connectivity index (χ1) is 9.89. The molecule has 0 aliphatic carbocycles. The maximum Gasteiger partial charge on any atom is 0.245 e. The van der Waals surface area contributed by atoms with Crippen molar-refractivity contribution in [1.29, 1.82) is 0 Å². The van der Waals surface area contributed by atoms with E-state index < -0.39 is 5.54 Å². The Morgan fingerprint density at radius 2 is 2.14 bits per heavy atom. The molecule has 0 bridgehead atoms. The van der Waals surface area contributed by atoms with Crippen molar-refractivity contribution in [2.75, 3.05) is 29.9 Å². The predicted molar refractivity (Wildman–Crippen MR) is 84.7 cm³/mol. The van der Waals surface area contributed by atoms with Gasteiger partial charge in [0.2, 0.25) is 5.91 Å². The molecular formula is C15H25N5O. The normalized spacial score (nSPS) is 17.8. The maximum absolute atomic E-state index is 12.2. The number of nitrogens with one attached hydrogen (secondary N) is 2. The molecule has 0 saturated carbocycles. The van der Waals surface area contributed by atoms with Crippen LogP contribution < -0.4 is 15.5 Å². The lowest BCUT2D eigenvalue weighted by molar-refractivity contribution is -0.126. The quantitative estimate of drug-likeness (QED) is 0.884. The summed E-state index contributed by atoms with van der Waals surface area (Å²) < 4.78 is 0. The second kappa shape index (κ2) is 5.87. The van der Waals surface area contributed by atoms with E-state index in [9.17, 15) is 4.79 Å². The summed E-state index contributed by atoms with van der Waals surface area (Å²) in [6, 6.07) is 0. The lowest BCUT2D eigenvalue weighted by atomic mass is 9.96. The molecule has 1 aromatic heterocycles. The number of aromatic nitrogens is 2. The molecule has 0 unspecified atom stereocenters. The van der Waals surface area contributed by atoms with Crippen molar-refractivity contribution in [3.63, 3.8) is 0 Å². The van der Waals surface area contributed by atoms with E-state index in [0.29, 0.717) is 6.54 Å². The van der Waals surface area contributed by atoms with Gasteiger partial charge in [-0.2, -0.15) is 0 Å². The standard InChI is InChI=1S/C15H25N5O/c1-6-16-12-11(10(2)3)13(19-9-18-12)20-8-7-17-14(21)15(20,4)5/h9-10H,6-8H2,1-5H3,(H,17,21)(H,16,18,19). The number of rotatable bonds is 4. The lowest BCUT2D eigenvalue weighted by Gasteiger charge is -2.43. The van der Waals surface area contributed by atoms with E-state index >= 15 is 0 Å². The van der Waals surface area contributed by atoms with Crippen LogP contribution in [0.15, 0.2) is 6.33 Å². The van der Waals surface area contributed by atoms with Crippen LogP contribution in [0.25, 0.3) is 0 Å². The number of carbonyl (C=O) groups excluding carboxylic acids is 1. The van der Waals surface area contributed by atoms with Gasteiger partial charge in [0.25, 0.3) is 0 Å². The van der Waals surface area contributed by atoms with E-state index in [-0.39, 0.29) is 11.8 Å². The molecule has 1 aliphatic rings. The molecule has 2 heterocycles. The van der Waals surface area contributed by atoms with Crippen LogP contribution in [-0.4, -0.2) is 41.0 Å². The second-order valence-corrected chi connectivity index (χ2v) is 6.11. The molecule has 1 saturated heterocycles. The Balaban J connectivity index is 2.52. The molecule has 1 fully saturated rings. The molecule has 1 aliphatic heterocycles. The molecule has 0 aromatic carbocycles. The van der Waals surface area contributed by atoms with Gasteiger partial charge in [-0.15, -0.1) is 0 Å². The molecule has 6 heteroatoms. The fourth-order valence-corrected chi connectivity index (χ4v) is 2.71. The van der Waals surface area contributed by atoms with Gasteiger partial charge >= 0.3 is 0 Å². The number of amides is 1. The van der Waals surface area contributed by atoms with Crippen molar-refractivity contribution >= 4 is 17.5 Å². The van der Waals surface area contributed by atoms with E-state index in [1.54, 1.807) is 6.33 Å². The van der Waals surface area contributed by atoms with Crippen LogP contribution >= 0.6 is 0 Å². The Hall–Kier alpha value is -1.85. The van der Waals surface area contributed by atoms with Gasteiger partial charge in [-0.1, -0.05) is 13.8 Å². The molecular weight excluding hydrogens is 266 g/mol. The first-order valence-electron chi connectivity index (χ1n) is 7.54. The first kappa shape index (κ1) is 15.5. The molecule has 0 radical (unpaired) electrons. The van der Waals surface area contributed by atoms with Crippen LogP contribution in [0.4, 0.5) is 11.6 Å². The van der Waals surface area contributed by atoms with E-state index in [2.05, 4.69) is 39.3 Å². The zero-order valence-electron chi connectivity index (χ0n) is 13.5. The van der Waals surface area contributed by atoms with Crippen molar-refractivity contribution in [3.05, 3.63) is 11.9 Å². The van der Waals surface area contributed by atoms with Crippen LogP contribution in [0.2, 0.25) is 0 Å². The van der Waals surface area contributed by atoms with Crippen LogP contribution in [0, 0.1) is 0 Å². The third-order valence-electron chi connectivity index (χ3n) is 3.89. The molecule has 21 heavy (non-hydrogen) atoms. The summed E-state index contributed by atoms with van der Waals surface area (Å²) in [6.07, 6.45) is 1.57. The zero-order valence-corrected chi connectivity index (χ0v) is 13.5. The highest BCUT2D eigenvalue weighted by Gasteiger charge is 2.39. The van der Waals surface area contributed by atoms with E-state index in [4.69, 9.17) is 0 Å². The lowest BCUT2D eigenvalue weighted by Crippen LogP contribution is -2.62. The SMILES string of the molecule is CCNc1ncnc(N2CCNC(=O)C2(C)C)c1C(C)C. The third kappa shape index (κ3) is 2.80. The average Bonchev–Trinajstić information content (AvgIpc) is 2.41. The van der Waals surface area contributed by atoms with Crippen molar-refractivity contribution in [2.24, 2.45) is 0 Å². The van der Waals surface area contributed by atoms with Crippen LogP contribution in [0.1, 0.15) is 46.1 Å². The summed E-state index contributed by atoms with van der Waals surface area (Å²) in [5.41, 5.74) is 0.460. The molecule has 0 spiro atoms. The molecule has 2 rings (SSSR count). The van der Waals surface area contributed by atoms with E-state index in [0.717, 1.165) is 30.3 Å². The van der Waals surface area contributed by atoms with Gasteiger partial charge in [0.15, 0.2) is 0 Å². The van der Waals surface area contributed by atoms with Gasteiger partial charge in [-0.05, 0) is 26.7 Å². The van der Waals surface area contributed by atoms with Gasteiger partial charge in [0.1, 0.15) is 23.5 Å². The first-order valence-corrected chi connectivity index (χ1v) is 7.54. The fraction of sp³-hybridized carbons (Fsp3) is 0.667. The Morgan fingerprint density at radius 3 is 2.76 bits per heavy atom. The molecule has 1 amide bonds. The smallest absolute Gasteiger partial charge is 0.245 e. The summed E-state index contributed by atoms with van der Waals surface area (Å²) in [4.78, 5) is 23.1. The Kier molecular flexibility index (Phi) is 4.34.